The maximum absolute atomic E-state index is 14.7. The smallest absolute Gasteiger partial charge is 0.414 e. The summed E-state index contributed by atoms with van der Waals surface area (Å²) in [6.45, 7) is 4.16. The van der Waals surface area contributed by atoms with Crippen molar-refractivity contribution in [1.82, 2.24) is 5.32 Å². The van der Waals surface area contributed by atoms with E-state index >= 15 is 0 Å². The fourth-order valence-corrected chi connectivity index (χ4v) is 4.18. The second-order valence-corrected chi connectivity index (χ2v) is 7.98. The van der Waals surface area contributed by atoms with Gasteiger partial charge < -0.3 is 15.0 Å². The Hall–Kier alpha value is -1.96. The van der Waals surface area contributed by atoms with E-state index < -0.39 is 12.2 Å². The highest BCUT2D eigenvalue weighted by atomic mass is 32.2. The molecule has 1 atom stereocenters. The Labute approximate surface area is 163 Å². The molecule has 2 fully saturated rings. The van der Waals surface area contributed by atoms with Crippen LogP contribution in [0.25, 0.3) is 0 Å². The predicted molar refractivity (Wildman–Crippen MR) is 106 cm³/mol. The summed E-state index contributed by atoms with van der Waals surface area (Å²) in [5.41, 5.74) is 1.06. The Balaban J connectivity index is 1.63. The molecule has 1 aromatic carbocycles. The molecule has 0 spiro atoms. The maximum Gasteiger partial charge on any atom is 0.414 e. The lowest BCUT2D eigenvalue weighted by Crippen LogP contribution is -2.34. The van der Waals surface area contributed by atoms with Crippen molar-refractivity contribution < 1.29 is 18.7 Å². The number of amides is 2. The first kappa shape index (κ1) is 19.8. The van der Waals surface area contributed by atoms with Gasteiger partial charge in [0.1, 0.15) is 11.9 Å². The molecule has 6 nitrogen and oxygen atoms in total. The summed E-state index contributed by atoms with van der Waals surface area (Å²) in [6, 6.07) is 4.90. The second kappa shape index (κ2) is 9.30. The van der Waals surface area contributed by atoms with Crippen LogP contribution in [-0.2, 0) is 9.53 Å². The topological polar surface area (TPSA) is 61.9 Å². The molecule has 2 aliphatic heterocycles. The lowest BCUT2D eigenvalue weighted by Gasteiger charge is -2.24. The van der Waals surface area contributed by atoms with Crippen LogP contribution in [0.2, 0.25) is 0 Å². The van der Waals surface area contributed by atoms with Crippen molar-refractivity contribution >= 4 is 35.1 Å². The van der Waals surface area contributed by atoms with E-state index in [1.165, 1.54) is 11.0 Å². The summed E-state index contributed by atoms with van der Waals surface area (Å²) in [5, 5.41) is 2.76. The van der Waals surface area contributed by atoms with E-state index in [-0.39, 0.29) is 18.3 Å². The largest absolute Gasteiger partial charge is 0.442 e. The highest BCUT2D eigenvalue weighted by Gasteiger charge is 2.33. The summed E-state index contributed by atoms with van der Waals surface area (Å²) in [6.07, 6.45) is 1.32. The molecule has 2 saturated heterocycles. The van der Waals surface area contributed by atoms with Crippen LogP contribution < -0.4 is 15.1 Å². The molecule has 1 aromatic rings. The zero-order valence-corrected chi connectivity index (χ0v) is 16.4. The van der Waals surface area contributed by atoms with Crippen molar-refractivity contribution in [2.24, 2.45) is 0 Å². The fourth-order valence-electron chi connectivity index (χ4n) is 3.29. The van der Waals surface area contributed by atoms with Gasteiger partial charge in [-0.15, -0.1) is 0 Å². The predicted octanol–water partition coefficient (Wildman–Crippen LogP) is 3.01. The molecule has 27 heavy (non-hydrogen) atoms. The number of nitrogens with one attached hydrogen (secondary N) is 1. The zero-order chi connectivity index (χ0) is 19.2. The number of benzene rings is 1. The van der Waals surface area contributed by atoms with Crippen molar-refractivity contribution in [1.29, 1.82) is 0 Å². The number of cyclic esters (lactones) is 1. The highest BCUT2D eigenvalue weighted by molar-refractivity contribution is 7.99. The number of carbonyl (C=O) groups excluding carboxylic acids is 2. The van der Waals surface area contributed by atoms with Crippen molar-refractivity contribution in [3.8, 4) is 0 Å². The number of anilines is 2. The van der Waals surface area contributed by atoms with E-state index in [2.05, 4.69) is 10.2 Å². The van der Waals surface area contributed by atoms with Crippen LogP contribution in [0.3, 0.4) is 0 Å². The van der Waals surface area contributed by atoms with Crippen LogP contribution >= 0.6 is 11.8 Å². The molecule has 2 aliphatic rings. The second-order valence-electron chi connectivity index (χ2n) is 6.76. The number of nitrogens with zero attached hydrogens (tertiary/aromatic N) is 2. The third-order valence-electron chi connectivity index (χ3n) is 4.68. The van der Waals surface area contributed by atoms with Gasteiger partial charge in [0, 0.05) is 25.3 Å². The summed E-state index contributed by atoms with van der Waals surface area (Å²) in [4.78, 5) is 27.2. The summed E-state index contributed by atoms with van der Waals surface area (Å²) >= 11 is 1.89. The first-order valence-electron chi connectivity index (χ1n) is 9.45. The van der Waals surface area contributed by atoms with Crippen LogP contribution in [0, 0.1) is 5.82 Å². The first-order valence-corrected chi connectivity index (χ1v) is 10.6. The molecule has 2 amide bonds. The molecule has 3 rings (SSSR count). The molecular weight excluding hydrogens is 369 g/mol. The lowest BCUT2D eigenvalue weighted by molar-refractivity contribution is -0.121. The van der Waals surface area contributed by atoms with Crippen molar-refractivity contribution in [3.63, 3.8) is 0 Å². The minimum absolute atomic E-state index is 0.0574. The molecule has 0 radical (unpaired) electrons. The van der Waals surface area contributed by atoms with E-state index in [0.29, 0.717) is 24.3 Å². The Morgan fingerprint density at radius 1 is 1.37 bits per heavy atom. The standard InChI is InChI=1S/C19H26FN3O3S/c1-2-4-18(24)21-12-15-13-23(19(25)26-15)14-5-6-17(16(20)11-14)22-7-3-9-27-10-8-22/h5-6,11,15H,2-4,7-10,12-13H2,1H3,(H,21,24)/t15-/m0/s1. The molecule has 1 N–H and O–H groups in total. The minimum atomic E-state index is -0.511. The van der Waals surface area contributed by atoms with E-state index in [1.807, 2.05) is 18.7 Å². The van der Waals surface area contributed by atoms with Crippen LogP contribution in [0.15, 0.2) is 18.2 Å². The van der Waals surface area contributed by atoms with E-state index in [9.17, 15) is 14.0 Å². The molecule has 2 heterocycles. The minimum Gasteiger partial charge on any atom is -0.442 e. The Morgan fingerprint density at radius 3 is 3.00 bits per heavy atom. The molecule has 0 bridgehead atoms. The Morgan fingerprint density at radius 2 is 2.22 bits per heavy atom. The molecule has 0 saturated carbocycles. The molecule has 8 heteroatoms. The van der Waals surface area contributed by atoms with Gasteiger partial charge in [-0.1, -0.05) is 6.92 Å². The number of rotatable bonds is 6. The summed E-state index contributed by atoms with van der Waals surface area (Å²) < 4.78 is 20.0. The molecule has 0 aliphatic carbocycles. The number of hydrogen-bond acceptors (Lipinski definition) is 5. The highest BCUT2D eigenvalue weighted by Crippen LogP contribution is 2.29. The van der Waals surface area contributed by atoms with Gasteiger partial charge in [0.15, 0.2) is 0 Å². The number of hydrogen-bond donors (Lipinski definition) is 1. The molecule has 0 unspecified atom stereocenters. The van der Waals surface area contributed by atoms with Gasteiger partial charge in [0.2, 0.25) is 5.91 Å². The van der Waals surface area contributed by atoms with Gasteiger partial charge >= 0.3 is 6.09 Å². The number of thioether (sulfide) groups is 1. The van der Waals surface area contributed by atoms with Crippen LogP contribution in [0.1, 0.15) is 26.2 Å². The van der Waals surface area contributed by atoms with Crippen LogP contribution in [0.4, 0.5) is 20.6 Å². The Kier molecular flexibility index (Phi) is 6.82. The van der Waals surface area contributed by atoms with Gasteiger partial charge in [-0.2, -0.15) is 11.8 Å². The first-order chi connectivity index (χ1) is 13.1. The van der Waals surface area contributed by atoms with Crippen molar-refractivity contribution in [2.75, 3.05) is 47.5 Å². The summed E-state index contributed by atoms with van der Waals surface area (Å²) in [7, 11) is 0. The maximum atomic E-state index is 14.7. The van der Waals surface area contributed by atoms with E-state index in [0.717, 1.165) is 37.4 Å². The summed E-state index contributed by atoms with van der Waals surface area (Å²) in [5.74, 6) is 1.71. The van der Waals surface area contributed by atoms with Crippen LogP contribution in [-0.4, -0.2) is 55.8 Å². The van der Waals surface area contributed by atoms with Gasteiger partial charge in [-0.3, -0.25) is 9.69 Å². The molecule has 0 aromatic heterocycles. The zero-order valence-electron chi connectivity index (χ0n) is 15.6. The fraction of sp³-hybridized carbons (Fsp3) is 0.579. The average Bonchev–Trinajstić information content (AvgIpc) is 2.83. The Bertz CT molecular complexity index is 680. The number of halogens is 1. The van der Waals surface area contributed by atoms with E-state index in [1.54, 1.807) is 12.1 Å². The van der Waals surface area contributed by atoms with Crippen molar-refractivity contribution in [2.45, 2.75) is 32.3 Å². The van der Waals surface area contributed by atoms with Gasteiger partial charge in [0.25, 0.3) is 0 Å². The SMILES string of the molecule is CCCC(=O)NC[C@H]1CN(c2ccc(N3CCCSCC3)c(F)c2)C(=O)O1. The molecule has 148 valence electrons. The van der Waals surface area contributed by atoms with Gasteiger partial charge in [-0.25, -0.2) is 9.18 Å². The normalized spacial score (nSPS) is 20.4. The van der Waals surface area contributed by atoms with Crippen molar-refractivity contribution in [3.05, 3.63) is 24.0 Å². The van der Waals surface area contributed by atoms with Gasteiger partial charge in [-0.05, 0) is 36.8 Å². The third kappa shape index (κ3) is 5.06. The number of ether oxygens (including phenoxy) is 1. The third-order valence-corrected chi connectivity index (χ3v) is 5.73. The quantitative estimate of drug-likeness (QED) is 0.802. The van der Waals surface area contributed by atoms with E-state index in [4.69, 9.17) is 4.74 Å². The van der Waals surface area contributed by atoms with Gasteiger partial charge in [0.05, 0.1) is 24.5 Å². The number of carbonyl (C=O) groups is 2. The average molecular weight is 396 g/mol. The molecular formula is C19H26FN3O3S. The van der Waals surface area contributed by atoms with Crippen LogP contribution in [0.5, 0.6) is 0 Å². The lowest BCUT2D eigenvalue weighted by atomic mass is 10.2. The monoisotopic (exact) mass is 395 g/mol.